The van der Waals surface area contributed by atoms with Crippen molar-refractivity contribution in [3.63, 3.8) is 0 Å². The molecule has 1 amide bonds. The highest BCUT2D eigenvalue weighted by molar-refractivity contribution is 6.31. The summed E-state index contributed by atoms with van der Waals surface area (Å²) in [5.41, 5.74) is 6.42. The Kier molecular flexibility index (Phi) is 3.50. The summed E-state index contributed by atoms with van der Waals surface area (Å²) >= 11 is 5.93. The lowest BCUT2D eigenvalue weighted by Crippen LogP contribution is -2.55. The molecular formula is C13H17ClN2O2. The summed E-state index contributed by atoms with van der Waals surface area (Å²) in [7, 11) is 0. The van der Waals surface area contributed by atoms with E-state index in [1.54, 1.807) is 18.2 Å². The molecule has 0 radical (unpaired) electrons. The number of hydrogen-bond acceptors (Lipinski definition) is 3. The van der Waals surface area contributed by atoms with E-state index < -0.39 is 0 Å². The molecule has 1 aliphatic heterocycles. The fourth-order valence-corrected chi connectivity index (χ4v) is 2.37. The third-order valence-corrected chi connectivity index (χ3v) is 3.28. The van der Waals surface area contributed by atoms with Gasteiger partial charge in [-0.05, 0) is 32.0 Å². The zero-order valence-electron chi connectivity index (χ0n) is 10.6. The first kappa shape index (κ1) is 13.2. The summed E-state index contributed by atoms with van der Waals surface area (Å²) < 4.78 is 5.40. The number of rotatable bonds is 1. The Labute approximate surface area is 112 Å². The Balaban J connectivity index is 2.30. The van der Waals surface area contributed by atoms with Crippen molar-refractivity contribution in [3.8, 4) is 0 Å². The summed E-state index contributed by atoms with van der Waals surface area (Å²) in [4.78, 5) is 14.3. The number of ether oxygens (including phenoxy) is 1. The van der Waals surface area contributed by atoms with Crippen LogP contribution in [0, 0.1) is 0 Å². The molecule has 18 heavy (non-hydrogen) atoms. The van der Waals surface area contributed by atoms with Crippen LogP contribution in [-0.2, 0) is 4.74 Å². The maximum atomic E-state index is 12.5. The average Bonchev–Trinajstić information content (AvgIpc) is 2.26. The van der Waals surface area contributed by atoms with Crippen LogP contribution < -0.4 is 5.73 Å². The van der Waals surface area contributed by atoms with Gasteiger partial charge in [0.1, 0.15) is 0 Å². The van der Waals surface area contributed by atoms with Crippen LogP contribution >= 0.6 is 11.6 Å². The van der Waals surface area contributed by atoms with E-state index in [2.05, 4.69) is 0 Å². The molecule has 98 valence electrons. The second kappa shape index (κ2) is 4.78. The third-order valence-electron chi connectivity index (χ3n) is 3.06. The van der Waals surface area contributed by atoms with E-state index in [0.29, 0.717) is 36.0 Å². The lowest BCUT2D eigenvalue weighted by Gasteiger charge is -2.42. The Morgan fingerprint density at radius 1 is 1.44 bits per heavy atom. The number of morpholine rings is 1. The monoisotopic (exact) mass is 268 g/mol. The number of anilines is 1. The zero-order valence-corrected chi connectivity index (χ0v) is 11.3. The molecule has 2 rings (SSSR count). The Morgan fingerprint density at radius 2 is 2.17 bits per heavy atom. The quantitative estimate of drug-likeness (QED) is 0.794. The van der Waals surface area contributed by atoms with Gasteiger partial charge in [-0.3, -0.25) is 4.79 Å². The SMILES string of the molecule is CC1(C)COCCN1C(=O)c1cc(N)cc(Cl)c1. The fraction of sp³-hybridized carbons (Fsp3) is 0.462. The van der Waals surface area contributed by atoms with E-state index in [9.17, 15) is 4.79 Å². The molecule has 0 spiro atoms. The van der Waals surface area contributed by atoms with Gasteiger partial charge >= 0.3 is 0 Å². The van der Waals surface area contributed by atoms with E-state index in [4.69, 9.17) is 22.1 Å². The number of hydrogen-bond donors (Lipinski definition) is 1. The largest absolute Gasteiger partial charge is 0.399 e. The molecule has 0 aliphatic carbocycles. The van der Waals surface area contributed by atoms with Crippen LogP contribution in [0.25, 0.3) is 0 Å². The minimum atomic E-state index is -0.313. The van der Waals surface area contributed by atoms with Crippen LogP contribution in [0.1, 0.15) is 24.2 Å². The molecular weight excluding hydrogens is 252 g/mol. The van der Waals surface area contributed by atoms with Crippen molar-refractivity contribution in [3.05, 3.63) is 28.8 Å². The third kappa shape index (κ3) is 2.60. The lowest BCUT2D eigenvalue weighted by molar-refractivity contribution is -0.0370. The minimum absolute atomic E-state index is 0.0579. The second-order valence-electron chi connectivity index (χ2n) is 5.10. The second-order valence-corrected chi connectivity index (χ2v) is 5.53. The topological polar surface area (TPSA) is 55.6 Å². The Hall–Kier alpha value is -1.26. The van der Waals surface area contributed by atoms with Crippen molar-refractivity contribution >= 4 is 23.2 Å². The number of benzene rings is 1. The van der Waals surface area contributed by atoms with E-state index in [1.807, 2.05) is 18.7 Å². The van der Waals surface area contributed by atoms with Crippen LogP contribution in [0.3, 0.4) is 0 Å². The highest BCUT2D eigenvalue weighted by Gasteiger charge is 2.34. The maximum absolute atomic E-state index is 12.5. The molecule has 5 heteroatoms. The minimum Gasteiger partial charge on any atom is -0.399 e. The summed E-state index contributed by atoms with van der Waals surface area (Å²) in [6.07, 6.45) is 0. The van der Waals surface area contributed by atoms with Crippen molar-refractivity contribution < 1.29 is 9.53 Å². The number of halogens is 1. The molecule has 4 nitrogen and oxygen atoms in total. The molecule has 1 fully saturated rings. The first-order chi connectivity index (χ1) is 8.40. The van der Waals surface area contributed by atoms with Crippen LogP contribution in [0.4, 0.5) is 5.69 Å². The number of amides is 1. The molecule has 1 aromatic carbocycles. The van der Waals surface area contributed by atoms with E-state index in [0.717, 1.165) is 0 Å². The standard InChI is InChI=1S/C13H17ClN2O2/c1-13(2)8-18-4-3-16(13)12(17)9-5-10(14)7-11(15)6-9/h5-7H,3-4,8,15H2,1-2H3. The maximum Gasteiger partial charge on any atom is 0.254 e. The number of carbonyl (C=O) groups is 1. The smallest absolute Gasteiger partial charge is 0.254 e. The molecule has 1 aromatic rings. The van der Waals surface area contributed by atoms with Crippen molar-refractivity contribution in [1.29, 1.82) is 0 Å². The number of nitrogens with two attached hydrogens (primary N) is 1. The molecule has 0 unspecified atom stereocenters. The van der Waals surface area contributed by atoms with Crippen LogP contribution in [-0.4, -0.2) is 36.1 Å². The first-order valence-electron chi connectivity index (χ1n) is 5.86. The lowest BCUT2D eigenvalue weighted by atomic mass is 10.0. The van der Waals surface area contributed by atoms with Gasteiger partial charge in [-0.15, -0.1) is 0 Å². The normalized spacial score (nSPS) is 18.7. The van der Waals surface area contributed by atoms with Gasteiger partial charge in [0, 0.05) is 22.8 Å². The van der Waals surface area contributed by atoms with E-state index >= 15 is 0 Å². The molecule has 2 N–H and O–H groups in total. The van der Waals surface area contributed by atoms with Gasteiger partial charge in [0.15, 0.2) is 0 Å². The number of carbonyl (C=O) groups excluding carboxylic acids is 1. The van der Waals surface area contributed by atoms with E-state index in [1.165, 1.54) is 0 Å². The van der Waals surface area contributed by atoms with Crippen LogP contribution in [0.2, 0.25) is 5.02 Å². The van der Waals surface area contributed by atoms with Gasteiger partial charge in [0.05, 0.1) is 18.8 Å². The number of nitrogen functional groups attached to an aromatic ring is 1. The van der Waals surface area contributed by atoms with Crippen molar-refractivity contribution in [2.75, 3.05) is 25.5 Å². The summed E-state index contributed by atoms with van der Waals surface area (Å²) in [5.74, 6) is -0.0579. The van der Waals surface area contributed by atoms with Crippen molar-refractivity contribution in [1.82, 2.24) is 4.90 Å². The van der Waals surface area contributed by atoms with Gasteiger partial charge in [0.25, 0.3) is 5.91 Å². The highest BCUT2D eigenvalue weighted by atomic mass is 35.5. The molecule has 0 saturated carbocycles. The predicted octanol–water partition coefficient (Wildman–Crippen LogP) is 2.17. The molecule has 0 atom stereocenters. The van der Waals surface area contributed by atoms with Crippen LogP contribution in [0.5, 0.6) is 0 Å². The summed E-state index contributed by atoms with van der Waals surface area (Å²) in [6, 6.07) is 4.92. The highest BCUT2D eigenvalue weighted by Crippen LogP contribution is 2.24. The molecule has 1 aliphatic rings. The Morgan fingerprint density at radius 3 is 2.78 bits per heavy atom. The summed E-state index contributed by atoms with van der Waals surface area (Å²) in [5, 5.41) is 0.476. The summed E-state index contributed by atoms with van der Waals surface area (Å²) in [6.45, 7) is 5.65. The average molecular weight is 269 g/mol. The van der Waals surface area contributed by atoms with Gasteiger partial charge in [-0.1, -0.05) is 11.6 Å². The molecule has 1 heterocycles. The Bertz CT molecular complexity index is 454. The number of nitrogens with zero attached hydrogens (tertiary/aromatic N) is 1. The van der Waals surface area contributed by atoms with Gasteiger partial charge in [0.2, 0.25) is 0 Å². The van der Waals surface area contributed by atoms with Crippen molar-refractivity contribution in [2.45, 2.75) is 19.4 Å². The van der Waals surface area contributed by atoms with E-state index in [-0.39, 0.29) is 11.4 Å². The molecule has 0 aromatic heterocycles. The van der Waals surface area contributed by atoms with Crippen molar-refractivity contribution in [2.24, 2.45) is 0 Å². The van der Waals surface area contributed by atoms with Gasteiger partial charge in [-0.25, -0.2) is 0 Å². The molecule has 0 bridgehead atoms. The fourth-order valence-electron chi connectivity index (χ4n) is 2.13. The predicted molar refractivity (Wildman–Crippen MR) is 71.8 cm³/mol. The first-order valence-corrected chi connectivity index (χ1v) is 6.24. The van der Waals surface area contributed by atoms with Gasteiger partial charge < -0.3 is 15.4 Å². The molecule has 1 saturated heterocycles. The van der Waals surface area contributed by atoms with Crippen LogP contribution in [0.15, 0.2) is 18.2 Å². The van der Waals surface area contributed by atoms with Gasteiger partial charge in [-0.2, -0.15) is 0 Å². The zero-order chi connectivity index (χ0) is 13.3.